The summed E-state index contributed by atoms with van der Waals surface area (Å²) in [6.45, 7) is 2.11. The molecule has 1 unspecified atom stereocenters. The van der Waals surface area contributed by atoms with E-state index in [4.69, 9.17) is 0 Å². The maximum Gasteiger partial charge on any atom is 0.291 e. The summed E-state index contributed by atoms with van der Waals surface area (Å²) in [5, 5.41) is 6.26. The predicted octanol–water partition coefficient (Wildman–Crippen LogP) is 3.31. The standard InChI is InChI=1S/C18H18N4O.ClH/c23-18(17-21-15-3-1-2-4-16(15)22-17)20-14-7-5-12(6-8-14)13-9-10-19-11-13;/h1-8,13,19H,9-11H2,(H,20,23)(H,21,22);1H. The van der Waals surface area contributed by atoms with Gasteiger partial charge in [-0.15, -0.1) is 12.4 Å². The van der Waals surface area contributed by atoms with Crippen LogP contribution in [-0.4, -0.2) is 29.0 Å². The molecule has 3 aromatic rings. The highest BCUT2D eigenvalue weighted by Crippen LogP contribution is 2.23. The summed E-state index contributed by atoms with van der Waals surface area (Å²) < 4.78 is 0. The van der Waals surface area contributed by atoms with Gasteiger partial charge in [-0.3, -0.25) is 4.79 Å². The second-order valence-electron chi connectivity index (χ2n) is 5.87. The number of para-hydroxylation sites is 2. The number of nitrogens with one attached hydrogen (secondary N) is 3. The number of aromatic amines is 1. The molecular weight excluding hydrogens is 324 g/mol. The molecule has 3 N–H and O–H groups in total. The van der Waals surface area contributed by atoms with Gasteiger partial charge in [-0.05, 0) is 48.7 Å². The quantitative estimate of drug-likeness (QED) is 0.684. The first-order valence-corrected chi connectivity index (χ1v) is 7.86. The number of halogens is 1. The fourth-order valence-electron chi connectivity index (χ4n) is 3.03. The number of imidazole rings is 1. The van der Waals surface area contributed by atoms with E-state index >= 15 is 0 Å². The lowest BCUT2D eigenvalue weighted by atomic mass is 9.98. The van der Waals surface area contributed by atoms with Crippen LogP contribution < -0.4 is 10.6 Å². The van der Waals surface area contributed by atoms with Gasteiger partial charge in [-0.2, -0.15) is 0 Å². The van der Waals surface area contributed by atoms with E-state index in [9.17, 15) is 4.79 Å². The number of amides is 1. The van der Waals surface area contributed by atoms with Crippen LogP contribution in [0.1, 0.15) is 28.5 Å². The number of H-pyrrole nitrogens is 1. The number of rotatable bonds is 3. The van der Waals surface area contributed by atoms with E-state index in [0.717, 1.165) is 29.8 Å². The van der Waals surface area contributed by atoms with Crippen molar-refractivity contribution in [2.45, 2.75) is 12.3 Å². The zero-order valence-corrected chi connectivity index (χ0v) is 13.9. The second kappa shape index (κ2) is 7.03. The third-order valence-electron chi connectivity index (χ3n) is 4.30. The van der Waals surface area contributed by atoms with E-state index in [0.29, 0.717) is 11.7 Å². The normalized spacial score (nSPS) is 16.8. The first-order chi connectivity index (χ1) is 11.3. The molecule has 0 spiro atoms. The third-order valence-corrected chi connectivity index (χ3v) is 4.30. The second-order valence-corrected chi connectivity index (χ2v) is 5.87. The zero-order chi connectivity index (χ0) is 15.6. The lowest BCUT2D eigenvalue weighted by Gasteiger charge is -2.10. The number of aromatic nitrogens is 2. The Balaban J connectivity index is 0.00000169. The molecule has 0 radical (unpaired) electrons. The molecule has 5 nitrogen and oxygen atoms in total. The minimum absolute atomic E-state index is 0. The minimum atomic E-state index is -0.225. The first kappa shape index (κ1) is 16.5. The monoisotopic (exact) mass is 342 g/mol. The highest BCUT2D eigenvalue weighted by molar-refractivity contribution is 6.03. The van der Waals surface area contributed by atoms with Crippen LogP contribution in [0.4, 0.5) is 5.69 Å². The van der Waals surface area contributed by atoms with Crippen LogP contribution in [0.25, 0.3) is 11.0 Å². The topological polar surface area (TPSA) is 69.8 Å². The predicted molar refractivity (Wildman–Crippen MR) is 98.0 cm³/mol. The summed E-state index contributed by atoms with van der Waals surface area (Å²) in [6, 6.07) is 15.7. The number of hydrogen-bond acceptors (Lipinski definition) is 3. The van der Waals surface area contributed by atoms with Crippen molar-refractivity contribution < 1.29 is 4.79 Å². The van der Waals surface area contributed by atoms with Gasteiger partial charge in [0.15, 0.2) is 5.82 Å². The number of hydrogen-bond donors (Lipinski definition) is 3. The number of anilines is 1. The van der Waals surface area contributed by atoms with E-state index in [-0.39, 0.29) is 18.3 Å². The molecule has 1 aromatic heterocycles. The van der Waals surface area contributed by atoms with Gasteiger partial charge in [0.05, 0.1) is 11.0 Å². The Kier molecular flexibility index (Phi) is 4.83. The molecule has 1 aliphatic heterocycles. The zero-order valence-electron chi connectivity index (χ0n) is 13.1. The van der Waals surface area contributed by atoms with Crippen LogP contribution in [0.2, 0.25) is 0 Å². The fraction of sp³-hybridized carbons (Fsp3) is 0.222. The Morgan fingerprint density at radius 1 is 1.12 bits per heavy atom. The molecule has 2 heterocycles. The smallest absolute Gasteiger partial charge is 0.291 e. The Hall–Kier alpha value is -2.37. The Morgan fingerprint density at radius 2 is 1.92 bits per heavy atom. The molecule has 1 aliphatic rings. The van der Waals surface area contributed by atoms with Crippen LogP contribution >= 0.6 is 12.4 Å². The SMILES string of the molecule is Cl.O=C(Nc1ccc(C2CCNC2)cc1)c1nc2ccccc2[nH]1. The minimum Gasteiger partial charge on any atom is -0.334 e. The average Bonchev–Trinajstić information content (AvgIpc) is 3.25. The van der Waals surface area contributed by atoms with Crippen molar-refractivity contribution in [2.24, 2.45) is 0 Å². The number of nitrogens with zero attached hydrogens (tertiary/aromatic N) is 1. The van der Waals surface area contributed by atoms with Crippen molar-refractivity contribution in [3.05, 3.63) is 59.9 Å². The van der Waals surface area contributed by atoms with Crippen LogP contribution in [0.3, 0.4) is 0 Å². The van der Waals surface area contributed by atoms with Gasteiger partial charge in [-0.25, -0.2) is 4.98 Å². The van der Waals surface area contributed by atoms with Gasteiger partial charge >= 0.3 is 0 Å². The van der Waals surface area contributed by atoms with Crippen LogP contribution in [0.15, 0.2) is 48.5 Å². The molecule has 24 heavy (non-hydrogen) atoms. The van der Waals surface area contributed by atoms with Gasteiger partial charge in [0, 0.05) is 12.2 Å². The van der Waals surface area contributed by atoms with Crippen molar-refractivity contribution in [1.29, 1.82) is 0 Å². The number of carbonyl (C=O) groups is 1. The molecule has 1 fully saturated rings. The summed E-state index contributed by atoms with van der Waals surface area (Å²) in [7, 11) is 0. The fourth-order valence-corrected chi connectivity index (χ4v) is 3.03. The number of carbonyl (C=O) groups excluding carboxylic acids is 1. The van der Waals surface area contributed by atoms with Gasteiger partial charge in [0.1, 0.15) is 0 Å². The Bertz CT molecular complexity index is 805. The molecule has 6 heteroatoms. The Morgan fingerprint density at radius 3 is 2.62 bits per heavy atom. The first-order valence-electron chi connectivity index (χ1n) is 7.86. The molecular formula is C18H19ClN4O. The Labute approximate surface area is 146 Å². The van der Waals surface area contributed by atoms with Crippen molar-refractivity contribution in [2.75, 3.05) is 18.4 Å². The molecule has 1 amide bonds. The molecule has 4 rings (SSSR count). The van der Waals surface area contributed by atoms with Crippen molar-refractivity contribution >= 4 is 35.0 Å². The summed E-state index contributed by atoms with van der Waals surface area (Å²) in [6.07, 6.45) is 1.17. The summed E-state index contributed by atoms with van der Waals surface area (Å²) >= 11 is 0. The lowest BCUT2D eigenvalue weighted by molar-refractivity contribution is 0.101. The van der Waals surface area contributed by atoms with E-state index in [1.807, 2.05) is 36.4 Å². The van der Waals surface area contributed by atoms with E-state index < -0.39 is 0 Å². The molecule has 0 bridgehead atoms. The highest BCUT2D eigenvalue weighted by atomic mass is 35.5. The number of fused-ring (bicyclic) bond motifs is 1. The van der Waals surface area contributed by atoms with Gasteiger partial charge < -0.3 is 15.6 Å². The van der Waals surface area contributed by atoms with Crippen LogP contribution in [0, 0.1) is 0 Å². The summed E-state index contributed by atoms with van der Waals surface area (Å²) in [5.41, 5.74) is 3.75. The third kappa shape index (κ3) is 3.27. The van der Waals surface area contributed by atoms with E-state index in [1.54, 1.807) is 0 Å². The highest BCUT2D eigenvalue weighted by Gasteiger charge is 2.16. The van der Waals surface area contributed by atoms with Gasteiger partial charge in [0.2, 0.25) is 0 Å². The van der Waals surface area contributed by atoms with E-state index in [2.05, 4.69) is 32.7 Å². The van der Waals surface area contributed by atoms with Crippen LogP contribution in [-0.2, 0) is 0 Å². The molecule has 1 saturated heterocycles. The largest absolute Gasteiger partial charge is 0.334 e. The van der Waals surface area contributed by atoms with Crippen molar-refractivity contribution in [3.63, 3.8) is 0 Å². The summed E-state index contributed by atoms with van der Waals surface area (Å²) in [5.74, 6) is 0.682. The maximum atomic E-state index is 12.3. The summed E-state index contributed by atoms with van der Waals surface area (Å²) in [4.78, 5) is 19.7. The molecule has 124 valence electrons. The van der Waals surface area contributed by atoms with Crippen LogP contribution in [0.5, 0.6) is 0 Å². The van der Waals surface area contributed by atoms with Gasteiger partial charge in [-0.1, -0.05) is 24.3 Å². The van der Waals surface area contributed by atoms with Crippen molar-refractivity contribution in [3.8, 4) is 0 Å². The van der Waals surface area contributed by atoms with Gasteiger partial charge in [0.25, 0.3) is 5.91 Å². The lowest BCUT2D eigenvalue weighted by Crippen LogP contribution is -2.13. The molecule has 0 aliphatic carbocycles. The van der Waals surface area contributed by atoms with E-state index in [1.165, 1.54) is 12.0 Å². The van der Waals surface area contributed by atoms with Crippen molar-refractivity contribution in [1.82, 2.24) is 15.3 Å². The maximum absolute atomic E-state index is 12.3. The number of benzene rings is 2. The molecule has 0 saturated carbocycles. The average molecular weight is 343 g/mol. The molecule has 1 atom stereocenters. The molecule has 2 aromatic carbocycles.